The molecule has 0 aliphatic heterocycles. The van der Waals surface area contributed by atoms with E-state index in [9.17, 15) is 10.2 Å². The molecule has 0 aromatic heterocycles. The van der Waals surface area contributed by atoms with E-state index in [1.54, 1.807) is 12.1 Å². The largest absolute Gasteiger partial charge is 0.508 e. The van der Waals surface area contributed by atoms with Gasteiger partial charge in [-0.15, -0.1) is 0 Å². The van der Waals surface area contributed by atoms with Crippen molar-refractivity contribution in [1.82, 2.24) is 0 Å². The zero-order chi connectivity index (χ0) is 17.8. The van der Waals surface area contributed by atoms with E-state index in [0.717, 1.165) is 27.9 Å². The molecule has 3 heteroatoms. The molecule has 25 heavy (non-hydrogen) atoms. The molecule has 0 aliphatic carbocycles. The summed E-state index contributed by atoms with van der Waals surface area (Å²) in [5.41, 5.74) is 5.01. The first kappa shape index (κ1) is 16.9. The molecule has 0 fully saturated rings. The number of rotatable bonds is 5. The van der Waals surface area contributed by atoms with Crippen molar-refractivity contribution < 1.29 is 10.2 Å². The standard InChI is InChI=1S/C22H23NO2/c1-16-8-10-21(24)18(12-16)14-23(20-6-4-3-5-7-20)15-19-13-17(2)9-11-22(19)25/h3-13,24-25H,14-15H2,1-2H3. The predicted molar refractivity (Wildman–Crippen MR) is 102 cm³/mol. The van der Waals surface area contributed by atoms with Crippen molar-refractivity contribution in [2.24, 2.45) is 0 Å². The SMILES string of the molecule is Cc1ccc(O)c(CN(Cc2cc(C)ccc2O)c2ccccc2)c1. The molecule has 0 saturated heterocycles. The zero-order valence-electron chi connectivity index (χ0n) is 14.6. The summed E-state index contributed by atoms with van der Waals surface area (Å²) >= 11 is 0. The molecule has 128 valence electrons. The Hall–Kier alpha value is -2.94. The van der Waals surface area contributed by atoms with Crippen molar-refractivity contribution in [3.8, 4) is 11.5 Å². The van der Waals surface area contributed by atoms with E-state index in [4.69, 9.17) is 0 Å². The van der Waals surface area contributed by atoms with E-state index >= 15 is 0 Å². The number of aryl methyl sites for hydroxylation is 2. The topological polar surface area (TPSA) is 43.7 Å². The van der Waals surface area contributed by atoms with Gasteiger partial charge < -0.3 is 15.1 Å². The van der Waals surface area contributed by atoms with Crippen LogP contribution in [0.2, 0.25) is 0 Å². The zero-order valence-corrected chi connectivity index (χ0v) is 14.6. The van der Waals surface area contributed by atoms with Crippen molar-refractivity contribution in [3.63, 3.8) is 0 Å². The maximum Gasteiger partial charge on any atom is 0.120 e. The minimum Gasteiger partial charge on any atom is -0.508 e. The lowest BCUT2D eigenvalue weighted by Crippen LogP contribution is -2.22. The first-order valence-electron chi connectivity index (χ1n) is 8.40. The van der Waals surface area contributed by atoms with E-state index < -0.39 is 0 Å². The Labute approximate surface area is 148 Å². The molecule has 0 bridgehead atoms. The fourth-order valence-electron chi connectivity index (χ4n) is 2.97. The Balaban J connectivity index is 1.95. The van der Waals surface area contributed by atoms with Gasteiger partial charge in [0.1, 0.15) is 11.5 Å². The number of anilines is 1. The fraction of sp³-hybridized carbons (Fsp3) is 0.182. The van der Waals surface area contributed by atoms with E-state index in [2.05, 4.69) is 4.90 Å². The second kappa shape index (κ2) is 7.31. The lowest BCUT2D eigenvalue weighted by Gasteiger charge is -2.26. The summed E-state index contributed by atoms with van der Waals surface area (Å²) in [6.07, 6.45) is 0. The molecule has 0 amide bonds. The molecular weight excluding hydrogens is 310 g/mol. The summed E-state index contributed by atoms with van der Waals surface area (Å²) in [5, 5.41) is 20.4. The van der Waals surface area contributed by atoms with Crippen molar-refractivity contribution in [2.45, 2.75) is 26.9 Å². The summed E-state index contributed by atoms with van der Waals surface area (Å²) in [5.74, 6) is 0.583. The molecule has 0 saturated carbocycles. The number of phenolic OH excluding ortho intramolecular Hbond substituents is 2. The van der Waals surface area contributed by atoms with Crippen LogP contribution in [0.5, 0.6) is 11.5 Å². The van der Waals surface area contributed by atoms with Gasteiger partial charge in [-0.1, -0.05) is 53.6 Å². The van der Waals surface area contributed by atoms with Gasteiger partial charge in [0.05, 0.1) is 0 Å². The van der Waals surface area contributed by atoms with Crippen LogP contribution in [-0.4, -0.2) is 10.2 Å². The normalized spacial score (nSPS) is 10.6. The fourth-order valence-corrected chi connectivity index (χ4v) is 2.97. The first-order valence-corrected chi connectivity index (χ1v) is 8.40. The van der Waals surface area contributed by atoms with Gasteiger partial charge >= 0.3 is 0 Å². The number of nitrogens with zero attached hydrogens (tertiary/aromatic N) is 1. The van der Waals surface area contributed by atoms with Crippen LogP contribution in [0.1, 0.15) is 22.3 Å². The lowest BCUT2D eigenvalue weighted by atomic mass is 10.1. The van der Waals surface area contributed by atoms with E-state index in [0.29, 0.717) is 24.6 Å². The van der Waals surface area contributed by atoms with Crippen LogP contribution < -0.4 is 4.90 Å². The Morgan fingerprint density at radius 3 is 1.64 bits per heavy atom. The summed E-state index contributed by atoms with van der Waals surface area (Å²) < 4.78 is 0. The molecule has 3 rings (SSSR count). The highest BCUT2D eigenvalue weighted by molar-refractivity contribution is 5.50. The van der Waals surface area contributed by atoms with E-state index in [1.807, 2.05) is 68.4 Å². The van der Waals surface area contributed by atoms with E-state index in [-0.39, 0.29) is 0 Å². The Kier molecular flexibility index (Phi) is 4.94. The van der Waals surface area contributed by atoms with E-state index in [1.165, 1.54) is 0 Å². The second-order valence-corrected chi connectivity index (χ2v) is 6.46. The third kappa shape index (κ3) is 4.13. The molecule has 0 spiro atoms. The first-order chi connectivity index (χ1) is 12.0. The molecular formula is C22H23NO2. The average Bonchev–Trinajstić information content (AvgIpc) is 2.61. The molecule has 2 N–H and O–H groups in total. The molecule has 0 radical (unpaired) electrons. The third-order valence-corrected chi connectivity index (χ3v) is 4.31. The van der Waals surface area contributed by atoms with Crippen LogP contribution in [0.4, 0.5) is 5.69 Å². The third-order valence-electron chi connectivity index (χ3n) is 4.31. The highest BCUT2D eigenvalue weighted by Crippen LogP contribution is 2.27. The molecule has 3 nitrogen and oxygen atoms in total. The van der Waals surface area contributed by atoms with Gasteiger partial charge in [-0.3, -0.25) is 0 Å². The Morgan fingerprint density at radius 1 is 0.680 bits per heavy atom. The van der Waals surface area contributed by atoms with Crippen LogP contribution in [0.25, 0.3) is 0 Å². The van der Waals surface area contributed by atoms with Crippen molar-refractivity contribution >= 4 is 5.69 Å². The predicted octanol–water partition coefficient (Wildman–Crippen LogP) is 4.92. The average molecular weight is 333 g/mol. The number of benzene rings is 3. The van der Waals surface area contributed by atoms with Gasteiger partial charge in [0, 0.05) is 29.9 Å². The summed E-state index contributed by atoms with van der Waals surface area (Å²) in [6, 6.07) is 21.3. The summed E-state index contributed by atoms with van der Waals surface area (Å²) in [4.78, 5) is 2.16. The van der Waals surface area contributed by atoms with Gasteiger partial charge in [-0.25, -0.2) is 0 Å². The lowest BCUT2D eigenvalue weighted by molar-refractivity contribution is 0.463. The smallest absolute Gasteiger partial charge is 0.120 e. The molecule has 3 aromatic rings. The van der Waals surface area contributed by atoms with Gasteiger partial charge in [0.25, 0.3) is 0 Å². The van der Waals surface area contributed by atoms with Gasteiger partial charge in [0.2, 0.25) is 0 Å². The monoisotopic (exact) mass is 333 g/mol. The number of para-hydroxylation sites is 1. The molecule has 0 aliphatic rings. The molecule has 0 unspecified atom stereocenters. The van der Waals surface area contributed by atoms with Gasteiger partial charge in [-0.2, -0.15) is 0 Å². The summed E-state index contributed by atoms with van der Waals surface area (Å²) in [6.45, 7) is 5.15. The highest BCUT2D eigenvalue weighted by atomic mass is 16.3. The van der Waals surface area contributed by atoms with Gasteiger partial charge in [-0.05, 0) is 38.1 Å². The molecule has 3 aromatic carbocycles. The Bertz CT molecular complexity index is 806. The maximum atomic E-state index is 10.2. The van der Waals surface area contributed by atoms with Crippen molar-refractivity contribution in [2.75, 3.05) is 4.90 Å². The van der Waals surface area contributed by atoms with Crippen molar-refractivity contribution in [3.05, 3.63) is 89.0 Å². The van der Waals surface area contributed by atoms with Crippen LogP contribution in [0.3, 0.4) is 0 Å². The maximum absolute atomic E-state index is 10.2. The molecule has 0 atom stereocenters. The van der Waals surface area contributed by atoms with Crippen LogP contribution in [0, 0.1) is 13.8 Å². The van der Waals surface area contributed by atoms with Crippen LogP contribution >= 0.6 is 0 Å². The number of hydrogen-bond acceptors (Lipinski definition) is 3. The summed E-state index contributed by atoms with van der Waals surface area (Å²) in [7, 11) is 0. The van der Waals surface area contributed by atoms with Crippen molar-refractivity contribution in [1.29, 1.82) is 0 Å². The van der Waals surface area contributed by atoms with Crippen LogP contribution in [-0.2, 0) is 13.1 Å². The Morgan fingerprint density at radius 2 is 1.16 bits per heavy atom. The number of phenols is 2. The minimum absolute atomic E-state index is 0.292. The minimum atomic E-state index is 0.292. The second-order valence-electron chi connectivity index (χ2n) is 6.46. The van der Waals surface area contributed by atoms with Crippen LogP contribution in [0.15, 0.2) is 66.7 Å². The number of aromatic hydroxyl groups is 2. The number of hydrogen-bond donors (Lipinski definition) is 2. The highest BCUT2D eigenvalue weighted by Gasteiger charge is 2.13. The van der Waals surface area contributed by atoms with Gasteiger partial charge in [0.15, 0.2) is 0 Å². The molecule has 0 heterocycles. The quantitative estimate of drug-likeness (QED) is 0.696.